The Kier molecular flexibility index (Phi) is 8.30. The zero-order valence-corrected chi connectivity index (χ0v) is 16.8. The molecular formula is C24H18O2S2. The summed E-state index contributed by atoms with van der Waals surface area (Å²) in [7, 11) is 0. The first-order valence-electron chi connectivity index (χ1n) is 8.65. The van der Waals surface area contributed by atoms with E-state index in [4.69, 9.17) is 9.47 Å². The van der Waals surface area contributed by atoms with Crippen molar-refractivity contribution >= 4 is 23.5 Å². The highest BCUT2D eigenvalue weighted by molar-refractivity contribution is 8.04. The third-order valence-corrected chi connectivity index (χ3v) is 4.92. The predicted octanol–water partition coefficient (Wildman–Crippen LogP) is 5.95. The predicted molar refractivity (Wildman–Crippen MR) is 118 cm³/mol. The topological polar surface area (TPSA) is 18.5 Å². The molecule has 3 aromatic carbocycles. The SMILES string of the molecule is C(#CSc1ccccc1)COc1ccc(OCC#CSc2ccccc2)cc1. The number of hydrogen-bond acceptors (Lipinski definition) is 4. The summed E-state index contributed by atoms with van der Waals surface area (Å²) < 4.78 is 11.2. The van der Waals surface area contributed by atoms with Crippen LogP contribution in [-0.4, -0.2) is 13.2 Å². The van der Waals surface area contributed by atoms with Crippen molar-refractivity contribution in [3.8, 4) is 33.8 Å². The molecule has 0 aliphatic heterocycles. The van der Waals surface area contributed by atoms with Crippen molar-refractivity contribution in [1.82, 2.24) is 0 Å². The highest BCUT2D eigenvalue weighted by Crippen LogP contribution is 2.18. The van der Waals surface area contributed by atoms with Crippen LogP contribution >= 0.6 is 23.5 Å². The second-order valence-electron chi connectivity index (χ2n) is 5.44. The molecule has 28 heavy (non-hydrogen) atoms. The van der Waals surface area contributed by atoms with E-state index >= 15 is 0 Å². The molecule has 3 rings (SSSR count). The number of ether oxygens (including phenoxy) is 2. The zero-order valence-electron chi connectivity index (χ0n) is 15.1. The maximum absolute atomic E-state index is 5.62. The van der Waals surface area contributed by atoms with Gasteiger partial charge in [0.25, 0.3) is 0 Å². The summed E-state index contributed by atoms with van der Waals surface area (Å²) in [5.74, 6) is 7.52. The van der Waals surface area contributed by atoms with Crippen LogP contribution in [0.25, 0.3) is 0 Å². The molecule has 0 atom stereocenters. The molecule has 0 bridgehead atoms. The lowest BCUT2D eigenvalue weighted by atomic mass is 10.3. The summed E-state index contributed by atoms with van der Waals surface area (Å²) >= 11 is 2.99. The Hall–Kier alpha value is -2.92. The van der Waals surface area contributed by atoms with Gasteiger partial charge in [-0.3, -0.25) is 0 Å². The second kappa shape index (κ2) is 11.7. The Morgan fingerprint density at radius 1 is 0.536 bits per heavy atom. The van der Waals surface area contributed by atoms with E-state index in [1.165, 1.54) is 23.5 Å². The summed E-state index contributed by atoms with van der Waals surface area (Å²) in [6.07, 6.45) is 0. The van der Waals surface area contributed by atoms with E-state index in [0.717, 1.165) is 21.3 Å². The van der Waals surface area contributed by atoms with Gasteiger partial charge in [0.1, 0.15) is 24.7 Å². The molecule has 4 heteroatoms. The molecule has 0 aliphatic rings. The Labute approximate surface area is 174 Å². The fourth-order valence-corrected chi connectivity index (χ4v) is 3.18. The number of hydrogen-bond donors (Lipinski definition) is 0. The summed E-state index contributed by atoms with van der Waals surface area (Å²) in [4.78, 5) is 2.25. The van der Waals surface area contributed by atoms with Gasteiger partial charge in [0, 0.05) is 9.79 Å². The molecule has 138 valence electrons. The maximum Gasteiger partial charge on any atom is 0.149 e. The average Bonchev–Trinajstić information content (AvgIpc) is 2.76. The summed E-state index contributed by atoms with van der Waals surface area (Å²) in [5.41, 5.74) is 0. The van der Waals surface area contributed by atoms with Crippen LogP contribution in [0.5, 0.6) is 11.5 Å². The monoisotopic (exact) mass is 402 g/mol. The Balaban J connectivity index is 1.36. The third kappa shape index (κ3) is 7.37. The first-order valence-corrected chi connectivity index (χ1v) is 10.3. The minimum Gasteiger partial charge on any atom is -0.481 e. The number of thioether (sulfide) groups is 2. The molecule has 0 N–H and O–H groups in total. The van der Waals surface area contributed by atoms with Gasteiger partial charge < -0.3 is 9.47 Å². The molecule has 0 amide bonds. The van der Waals surface area contributed by atoms with Gasteiger partial charge in [0.15, 0.2) is 0 Å². The van der Waals surface area contributed by atoms with Gasteiger partial charge in [-0.15, -0.1) is 0 Å². The first-order chi connectivity index (χ1) is 13.9. The van der Waals surface area contributed by atoms with Crippen molar-refractivity contribution < 1.29 is 9.47 Å². The van der Waals surface area contributed by atoms with Crippen LogP contribution in [-0.2, 0) is 0 Å². The largest absolute Gasteiger partial charge is 0.481 e. The van der Waals surface area contributed by atoms with Crippen LogP contribution in [0.2, 0.25) is 0 Å². The van der Waals surface area contributed by atoms with Crippen LogP contribution in [0.3, 0.4) is 0 Å². The van der Waals surface area contributed by atoms with Gasteiger partial charge >= 0.3 is 0 Å². The zero-order chi connectivity index (χ0) is 19.3. The molecule has 0 spiro atoms. The molecule has 2 nitrogen and oxygen atoms in total. The summed E-state index contributed by atoms with van der Waals surface area (Å²) in [5, 5.41) is 6.07. The lowest BCUT2D eigenvalue weighted by Gasteiger charge is -2.04. The van der Waals surface area contributed by atoms with E-state index in [2.05, 4.69) is 22.3 Å². The minimum atomic E-state index is 0.349. The molecule has 0 heterocycles. The van der Waals surface area contributed by atoms with Crippen LogP contribution in [0.4, 0.5) is 0 Å². The molecule has 0 aromatic heterocycles. The molecule has 0 aliphatic carbocycles. The minimum absolute atomic E-state index is 0.349. The van der Waals surface area contributed by atoms with Crippen molar-refractivity contribution in [3.63, 3.8) is 0 Å². The second-order valence-corrected chi connectivity index (χ2v) is 7.20. The molecule has 3 aromatic rings. The van der Waals surface area contributed by atoms with Gasteiger partial charge in [0.05, 0.1) is 0 Å². The van der Waals surface area contributed by atoms with Crippen LogP contribution in [0.1, 0.15) is 0 Å². The van der Waals surface area contributed by atoms with Crippen molar-refractivity contribution in [2.75, 3.05) is 13.2 Å². The van der Waals surface area contributed by atoms with Crippen LogP contribution in [0, 0.1) is 22.3 Å². The third-order valence-electron chi connectivity index (χ3n) is 3.41. The molecule has 0 unspecified atom stereocenters. The van der Waals surface area contributed by atoms with Crippen LogP contribution in [0.15, 0.2) is 94.7 Å². The molecule has 0 saturated heterocycles. The summed E-state index contributed by atoms with van der Waals surface area (Å²) in [6.45, 7) is 0.699. The van der Waals surface area contributed by atoms with E-state index in [1.54, 1.807) is 0 Å². The number of benzene rings is 3. The average molecular weight is 403 g/mol. The lowest BCUT2D eigenvalue weighted by Crippen LogP contribution is -1.95. The molecule has 0 saturated carbocycles. The Morgan fingerprint density at radius 3 is 1.32 bits per heavy atom. The van der Waals surface area contributed by atoms with E-state index in [0.29, 0.717) is 13.2 Å². The van der Waals surface area contributed by atoms with Crippen molar-refractivity contribution in [2.45, 2.75) is 9.79 Å². The van der Waals surface area contributed by atoms with Crippen molar-refractivity contribution in [3.05, 3.63) is 84.9 Å². The maximum atomic E-state index is 5.62. The Morgan fingerprint density at radius 2 is 0.929 bits per heavy atom. The van der Waals surface area contributed by atoms with E-state index < -0.39 is 0 Å². The van der Waals surface area contributed by atoms with Gasteiger partial charge in [-0.05, 0) is 94.4 Å². The highest BCUT2D eigenvalue weighted by atomic mass is 32.2. The van der Waals surface area contributed by atoms with Crippen LogP contribution < -0.4 is 9.47 Å². The Bertz CT molecular complexity index is 881. The van der Waals surface area contributed by atoms with Gasteiger partial charge in [-0.2, -0.15) is 0 Å². The molecular weight excluding hydrogens is 384 g/mol. The van der Waals surface area contributed by atoms with Gasteiger partial charge in [-0.1, -0.05) is 36.4 Å². The normalized spacial score (nSPS) is 9.43. The van der Waals surface area contributed by atoms with Crippen molar-refractivity contribution in [2.24, 2.45) is 0 Å². The lowest BCUT2D eigenvalue weighted by molar-refractivity contribution is 0.360. The van der Waals surface area contributed by atoms with Gasteiger partial charge in [-0.25, -0.2) is 0 Å². The standard InChI is InChI=1S/C24H18O2S2/c1-3-9-23(10-4-1)27-19-7-17-25-21-13-15-22(16-14-21)26-18-8-20-28-24-11-5-2-6-12-24/h1-6,9-16H,17-18H2. The molecule has 0 radical (unpaired) electrons. The quantitative estimate of drug-likeness (QED) is 0.374. The van der Waals surface area contributed by atoms with Gasteiger partial charge in [0.2, 0.25) is 0 Å². The fourth-order valence-electron chi connectivity index (χ4n) is 2.10. The number of rotatable bonds is 6. The van der Waals surface area contributed by atoms with E-state index in [9.17, 15) is 0 Å². The van der Waals surface area contributed by atoms with E-state index in [1.807, 2.05) is 84.9 Å². The molecule has 0 fully saturated rings. The van der Waals surface area contributed by atoms with Crippen molar-refractivity contribution in [1.29, 1.82) is 0 Å². The summed E-state index contributed by atoms with van der Waals surface area (Å²) in [6, 6.07) is 27.6. The first kappa shape index (κ1) is 19.8. The fraction of sp³-hybridized carbons (Fsp3) is 0.0833. The van der Waals surface area contributed by atoms with E-state index in [-0.39, 0.29) is 0 Å². The smallest absolute Gasteiger partial charge is 0.149 e. The highest BCUT2D eigenvalue weighted by Gasteiger charge is 1.95.